The van der Waals surface area contributed by atoms with Crippen molar-refractivity contribution < 1.29 is 4.74 Å². The fraction of sp³-hybridized carbons (Fsp3) is 0.0909. The van der Waals surface area contributed by atoms with Crippen molar-refractivity contribution in [1.82, 2.24) is 28.7 Å². The van der Waals surface area contributed by atoms with E-state index in [1.807, 2.05) is 35.0 Å². The number of nitrogens with zero attached hydrogens (tertiary/aromatic N) is 6. The van der Waals surface area contributed by atoms with Gasteiger partial charge >= 0.3 is 0 Å². The van der Waals surface area contributed by atoms with E-state index in [-0.39, 0.29) is 0 Å². The highest BCUT2D eigenvalue weighted by Crippen LogP contribution is 2.43. The van der Waals surface area contributed by atoms with Crippen LogP contribution < -0.4 is 4.74 Å². The Hall–Kier alpha value is -6.60. The molecule has 0 aliphatic carbocycles. The van der Waals surface area contributed by atoms with Crippen molar-refractivity contribution in [3.63, 3.8) is 0 Å². The molecule has 7 heteroatoms. The lowest BCUT2D eigenvalue weighted by Gasteiger charge is -2.20. The van der Waals surface area contributed by atoms with Gasteiger partial charge in [0.25, 0.3) is 0 Å². The lowest BCUT2D eigenvalue weighted by atomic mass is 9.85. The Morgan fingerprint density at radius 3 is 1.65 bits per heavy atom. The Kier molecular flexibility index (Phi) is 6.30. The summed E-state index contributed by atoms with van der Waals surface area (Å²) in [6.07, 6.45) is 11.1. The van der Waals surface area contributed by atoms with E-state index < -0.39 is 0 Å². The minimum Gasteiger partial charge on any atom is -0.457 e. The maximum atomic E-state index is 6.59. The molecule has 0 aliphatic heterocycles. The average molecular weight is 661 g/mol. The van der Waals surface area contributed by atoms with E-state index in [0.717, 1.165) is 60.7 Å². The summed E-state index contributed by atoms with van der Waals surface area (Å²) in [4.78, 5) is 18.7. The van der Waals surface area contributed by atoms with Crippen molar-refractivity contribution in [2.75, 3.05) is 0 Å². The van der Waals surface area contributed by atoms with Crippen LogP contribution >= 0.6 is 0 Å². The van der Waals surface area contributed by atoms with Gasteiger partial charge in [-0.25, -0.2) is 15.0 Å². The van der Waals surface area contributed by atoms with Gasteiger partial charge < -0.3 is 4.74 Å². The largest absolute Gasteiger partial charge is 0.457 e. The second-order valence-corrected chi connectivity index (χ2v) is 13.4. The first-order valence-corrected chi connectivity index (χ1v) is 17.1. The lowest BCUT2D eigenvalue weighted by Crippen LogP contribution is -1.98. The summed E-state index contributed by atoms with van der Waals surface area (Å²) in [6, 6.07) is 30.3. The predicted molar refractivity (Wildman–Crippen MR) is 206 cm³/mol. The number of fused-ring (bicyclic) bond motifs is 12. The molecule has 10 aromatic rings. The zero-order chi connectivity index (χ0) is 34.4. The number of benzene rings is 5. The molecule has 51 heavy (non-hydrogen) atoms. The molecule has 0 atom stereocenters. The summed E-state index contributed by atoms with van der Waals surface area (Å²) in [6.45, 7) is 8.84. The second kappa shape index (κ2) is 11.0. The summed E-state index contributed by atoms with van der Waals surface area (Å²) in [5.41, 5.74) is 14.5. The van der Waals surface area contributed by atoms with E-state index in [2.05, 4.69) is 120 Å². The standard InChI is InChI=1S/C44H32N6O/c1-25-7-5-8-26(2)39(25)34-23-33-31-13-11-29(51-30-12-14-32-37(22-30)43-48-18-20-50(43)44-41(32)45-15-16-46-44)21-36(31)42-47-17-19-49(42)38(33)24-35(34)40-27(3)9-6-10-28(40)4/h5-24H,1-4H3. The third kappa shape index (κ3) is 4.37. The van der Waals surface area contributed by atoms with Gasteiger partial charge in [0.15, 0.2) is 5.65 Å². The molecule has 5 aromatic carbocycles. The van der Waals surface area contributed by atoms with Crippen LogP contribution in [0.2, 0.25) is 0 Å². The molecular weight excluding hydrogens is 629 g/mol. The Morgan fingerprint density at radius 1 is 0.451 bits per heavy atom. The maximum Gasteiger partial charge on any atom is 0.165 e. The van der Waals surface area contributed by atoms with E-state index in [1.165, 1.54) is 44.5 Å². The molecule has 244 valence electrons. The summed E-state index contributed by atoms with van der Waals surface area (Å²) >= 11 is 0. The molecule has 0 aliphatic rings. The molecule has 7 nitrogen and oxygen atoms in total. The molecule has 0 saturated carbocycles. The van der Waals surface area contributed by atoms with Gasteiger partial charge in [0, 0.05) is 58.7 Å². The summed E-state index contributed by atoms with van der Waals surface area (Å²) in [5, 5.41) is 5.24. The molecule has 0 N–H and O–H groups in total. The zero-order valence-corrected chi connectivity index (χ0v) is 28.6. The van der Waals surface area contributed by atoms with Crippen molar-refractivity contribution in [3.05, 3.63) is 144 Å². The molecule has 5 aromatic heterocycles. The number of aromatic nitrogens is 6. The first-order chi connectivity index (χ1) is 24.9. The third-order valence-corrected chi connectivity index (χ3v) is 10.3. The minimum absolute atomic E-state index is 0.714. The molecule has 0 spiro atoms. The highest BCUT2D eigenvalue weighted by atomic mass is 16.5. The fourth-order valence-electron chi connectivity index (χ4n) is 8.08. The first kappa shape index (κ1) is 29.3. The van der Waals surface area contributed by atoms with Crippen LogP contribution in [0.1, 0.15) is 22.3 Å². The number of hydrogen-bond acceptors (Lipinski definition) is 5. The number of rotatable bonds is 4. The average Bonchev–Trinajstić information content (AvgIpc) is 3.84. The van der Waals surface area contributed by atoms with E-state index in [9.17, 15) is 0 Å². The quantitative estimate of drug-likeness (QED) is 0.176. The Labute approximate surface area is 293 Å². The van der Waals surface area contributed by atoms with Crippen LogP contribution in [0.25, 0.3) is 77.2 Å². The number of imidazole rings is 2. The maximum absolute atomic E-state index is 6.59. The normalized spacial score (nSPS) is 11.9. The van der Waals surface area contributed by atoms with Gasteiger partial charge in [0.1, 0.15) is 28.3 Å². The van der Waals surface area contributed by atoms with Gasteiger partial charge in [-0.3, -0.25) is 13.8 Å². The SMILES string of the molecule is Cc1cccc(C)c1-c1cc2c3ccc(Oc4ccc5c(c4)c4nccn4c4nccnc54)cc3c3nccn3c2cc1-c1c(C)cccc1C. The lowest BCUT2D eigenvalue weighted by molar-refractivity contribution is 0.484. The molecule has 0 radical (unpaired) electrons. The molecule has 0 amide bonds. The van der Waals surface area contributed by atoms with Gasteiger partial charge in [-0.2, -0.15) is 0 Å². The summed E-state index contributed by atoms with van der Waals surface area (Å²) in [5.74, 6) is 1.44. The first-order valence-electron chi connectivity index (χ1n) is 17.1. The van der Waals surface area contributed by atoms with E-state index in [4.69, 9.17) is 9.72 Å². The number of hydrogen-bond donors (Lipinski definition) is 0. The Balaban J connectivity index is 1.18. The number of aryl methyl sites for hydroxylation is 4. The second-order valence-electron chi connectivity index (χ2n) is 13.4. The van der Waals surface area contributed by atoms with E-state index >= 15 is 0 Å². The van der Waals surface area contributed by atoms with Crippen LogP contribution in [-0.4, -0.2) is 28.7 Å². The van der Waals surface area contributed by atoms with E-state index in [0.29, 0.717) is 5.75 Å². The smallest absolute Gasteiger partial charge is 0.165 e. The fourth-order valence-corrected chi connectivity index (χ4v) is 8.08. The Bertz CT molecular complexity index is 3020. The number of pyridine rings is 2. The highest BCUT2D eigenvalue weighted by molar-refractivity contribution is 6.15. The molecule has 0 saturated heterocycles. The van der Waals surface area contributed by atoms with Crippen molar-refractivity contribution in [2.24, 2.45) is 0 Å². The molecule has 0 unspecified atom stereocenters. The number of ether oxygens (including phenoxy) is 1. The summed E-state index contributed by atoms with van der Waals surface area (Å²) < 4.78 is 10.8. The van der Waals surface area contributed by atoms with Gasteiger partial charge in [-0.05, 0) is 126 Å². The highest BCUT2D eigenvalue weighted by Gasteiger charge is 2.20. The molecular formula is C44H32N6O. The van der Waals surface area contributed by atoms with Crippen LogP contribution in [0.5, 0.6) is 11.5 Å². The molecule has 10 rings (SSSR count). The third-order valence-electron chi connectivity index (χ3n) is 10.3. The van der Waals surface area contributed by atoms with Gasteiger partial charge in [-0.15, -0.1) is 0 Å². The van der Waals surface area contributed by atoms with Gasteiger partial charge in [0.2, 0.25) is 0 Å². The topological polar surface area (TPSA) is 69.6 Å². The molecule has 0 bridgehead atoms. The Morgan fingerprint density at radius 2 is 0.980 bits per heavy atom. The summed E-state index contributed by atoms with van der Waals surface area (Å²) in [7, 11) is 0. The van der Waals surface area contributed by atoms with Crippen molar-refractivity contribution >= 4 is 54.9 Å². The van der Waals surface area contributed by atoms with E-state index in [1.54, 1.807) is 18.6 Å². The van der Waals surface area contributed by atoms with Crippen LogP contribution in [0.3, 0.4) is 0 Å². The van der Waals surface area contributed by atoms with Crippen LogP contribution in [0.4, 0.5) is 0 Å². The van der Waals surface area contributed by atoms with Gasteiger partial charge in [-0.1, -0.05) is 36.4 Å². The van der Waals surface area contributed by atoms with Crippen molar-refractivity contribution in [3.8, 4) is 33.8 Å². The molecule has 0 fully saturated rings. The monoisotopic (exact) mass is 660 g/mol. The van der Waals surface area contributed by atoms with Crippen LogP contribution in [0, 0.1) is 27.7 Å². The predicted octanol–water partition coefficient (Wildman–Crippen LogP) is 10.7. The molecule has 5 heterocycles. The van der Waals surface area contributed by atoms with Crippen molar-refractivity contribution in [2.45, 2.75) is 27.7 Å². The van der Waals surface area contributed by atoms with Crippen LogP contribution in [0.15, 0.2) is 122 Å². The van der Waals surface area contributed by atoms with Crippen LogP contribution in [-0.2, 0) is 0 Å². The van der Waals surface area contributed by atoms with Gasteiger partial charge in [0.05, 0.1) is 5.52 Å². The van der Waals surface area contributed by atoms with Crippen molar-refractivity contribution in [1.29, 1.82) is 0 Å². The zero-order valence-electron chi connectivity index (χ0n) is 28.6. The minimum atomic E-state index is 0.714.